The van der Waals surface area contributed by atoms with E-state index in [4.69, 9.17) is 5.73 Å². The topological polar surface area (TPSA) is 86.7 Å². The maximum absolute atomic E-state index is 12.3. The number of aromatic nitrogens is 4. The van der Waals surface area contributed by atoms with Crippen LogP contribution in [0.15, 0.2) is 22.8 Å². The van der Waals surface area contributed by atoms with E-state index >= 15 is 0 Å². The van der Waals surface area contributed by atoms with Gasteiger partial charge in [0.15, 0.2) is 0 Å². The molecule has 0 spiro atoms. The number of rotatable bonds is 5. The van der Waals surface area contributed by atoms with E-state index < -0.39 is 10.8 Å². The fraction of sp³-hybridized carbons (Fsp3) is 0.357. The molecule has 0 aromatic carbocycles. The highest BCUT2D eigenvalue weighted by molar-refractivity contribution is 7.87. The van der Waals surface area contributed by atoms with Crippen molar-refractivity contribution in [3.63, 3.8) is 0 Å². The first kappa shape index (κ1) is 15.1. The zero-order valence-corrected chi connectivity index (χ0v) is 14.1. The molecule has 0 aliphatic rings. The van der Waals surface area contributed by atoms with Crippen LogP contribution in [0.5, 0.6) is 0 Å². The second-order valence-electron chi connectivity index (χ2n) is 5.02. The predicted molar refractivity (Wildman–Crippen MR) is 90.2 cm³/mol. The normalized spacial score (nSPS) is 12.8. The van der Waals surface area contributed by atoms with E-state index in [9.17, 15) is 4.21 Å². The number of thiophene rings is 1. The molecular formula is C14H17N5OS2. The summed E-state index contributed by atoms with van der Waals surface area (Å²) in [5, 5.41) is 4.14. The van der Waals surface area contributed by atoms with Gasteiger partial charge in [-0.15, -0.1) is 11.3 Å². The van der Waals surface area contributed by atoms with Crippen LogP contribution in [0, 0.1) is 0 Å². The second-order valence-corrected chi connectivity index (χ2v) is 7.78. The first-order valence-electron chi connectivity index (χ1n) is 7.02. The molecule has 0 amide bonds. The molecule has 2 N–H and O–H groups in total. The molecule has 0 saturated carbocycles. The first-order chi connectivity index (χ1) is 10.6. The third-order valence-electron chi connectivity index (χ3n) is 3.30. The number of unbranched alkanes of at least 4 members (excludes halogenated alkanes) is 1. The summed E-state index contributed by atoms with van der Waals surface area (Å²) in [6.07, 6.45) is 7.24. The van der Waals surface area contributed by atoms with Crippen molar-refractivity contribution in [1.82, 2.24) is 19.7 Å². The highest BCUT2D eigenvalue weighted by Gasteiger charge is 2.17. The first-order valence-corrected chi connectivity index (χ1v) is 9.16. The Kier molecular flexibility index (Phi) is 4.21. The van der Waals surface area contributed by atoms with Crippen LogP contribution < -0.4 is 5.73 Å². The number of nitrogens with zero attached hydrogens (tertiary/aromatic N) is 4. The van der Waals surface area contributed by atoms with Crippen molar-refractivity contribution in [3.05, 3.63) is 18.6 Å². The number of nitrogen functional groups attached to an aromatic ring is 1. The van der Waals surface area contributed by atoms with E-state index in [0.29, 0.717) is 21.2 Å². The predicted octanol–water partition coefficient (Wildman–Crippen LogP) is 2.58. The number of aryl methyl sites for hydroxylation is 1. The number of hydrogen-bond donors (Lipinski definition) is 1. The summed E-state index contributed by atoms with van der Waals surface area (Å²) >= 11 is 1.37. The quantitative estimate of drug-likeness (QED) is 0.774. The lowest BCUT2D eigenvalue weighted by Crippen LogP contribution is -1.98. The van der Waals surface area contributed by atoms with E-state index in [0.717, 1.165) is 28.9 Å². The number of fused-ring (bicyclic) bond motifs is 1. The van der Waals surface area contributed by atoms with Crippen LogP contribution in [0.3, 0.4) is 0 Å². The largest absolute Gasteiger partial charge is 0.395 e. The Morgan fingerprint density at radius 1 is 1.41 bits per heavy atom. The Balaban J connectivity index is 2.01. The summed E-state index contributed by atoms with van der Waals surface area (Å²) < 4.78 is 14.7. The van der Waals surface area contributed by atoms with Gasteiger partial charge in [-0.05, 0) is 6.42 Å². The monoisotopic (exact) mass is 335 g/mol. The minimum Gasteiger partial charge on any atom is -0.395 e. The molecule has 116 valence electrons. The minimum absolute atomic E-state index is 0.500. The highest BCUT2D eigenvalue weighted by Crippen LogP contribution is 2.35. The summed E-state index contributed by atoms with van der Waals surface area (Å²) in [5.41, 5.74) is 8.88. The molecule has 1 unspecified atom stereocenters. The smallest absolute Gasteiger partial charge is 0.145 e. The van der Waals surface area contributed by atoms with Gasteiger partial charge < -0.3 is 5.73 Å². The zero-order chi connectivity index (χ0) is 15.7. The van der Waals surface area contributed by atoms with Gasteiger partial charge in [-0.25, -0.2) is 9.97 Å². The summed E-state index contributed by atoms with van der Waals surface area (Å²) in [5.74, 6) is 0.628. The van der Waals surface area contributed by atoms with Crippen LogP contribution in [-0.4, -0.2) is 29.7 Å². The maximum Gasteiger partial charge on any atom is 0.145 e. The standard InChI is InChI=1S/C14H17N5OS2/c1-3-4-5-22(20)14-11(15)12-13(21-14)18-10(7-16-12)9-6-17-19(2)8-9/h6-8H,3-5,15H2,1-2H3. The van der Waals surface area contributed by atoms with Gasteiger partial charge in [-0.2, -0.15) is 5.10 Å². The maximum atomic E-state index is 12.3. The zero-order valence-electron chi connectivity index (χ0n) is 12.4. The van der Waals surface area contributed by atoms with Gasteiger partial charge in [0.2, 0.25) is 0 Å². The molecule has 6 nitrogen and oxygen atoms in total. The molecule has 0 aliphatic heterocycles. The van der Waals surface area contributed by atoms with Crippen LogP contribution in [0.4, 0.5) is 5.69 Å². The van der Waals surface area contributed by atoms with Crippen LogP contribution in [-0.2, 0) is 17.8 Å². The van der Waals surface area contributed by atoms with E-state index in [1.807, 2.05) is 13.2 Å². The van der Waals surface area contributed by atoms with Gasteiger partial charge in [0.05, 0.1) is 34.6 Å². The Bertz CT molecular complexity index is 839. The second kappa shape index (κ2) is 6.13. The highest BCUT2D eigenvalue weighted by atomic mass is 32.2. The van der Waals surface area contributed by atoms with E-state index in [1.54, 1.807) is 17.1 Å². The molecule has 3 heterocycles. The van der Waals surface area contributed by atoms with Crippen molar-refractivity contribution in [2.24, 2.45) is 7.05 Å². The Morgan fingerprint density at radius 2 is 2.23 bits per heavy atom. The van der Waals surface area contributed by atoms with Crippen LogP contribution in [0.25, 0.3) is 21.6 Å². The summed E-state index contributed by atoms with van der Waals surface area (Å²) in [7, 11) is 0.777. The van der Waals surface area contributed by atoms with Crippen molar-refractivity contribution in [2.45, 2.75) is 24.0 Å². The van der Waals surface area contributed by atoms with Gasteiger partial charge in [0.25, 0.3) is 0 Å². The van der Waals surface area contributed by atoms with Gasteiger partial charge in [0.1, 0.15) is 14.6 Å². The van der Waals surface area contributed by atoms with E-state index in [-0.39, 0.29) is 0 Å². The summed E-state index contributed by atoms with van der Waals surface area (Å²) in [6, 6.07) is 0. The lowest BCUT2D eigenvalue weighted by Gasteiger charge is -1.98. The molecule has 0 saturated heterocycles. The van der Waals surface area contributed by atoms with Crippen LogP contribution >= 0.6 is 11.3 Å². The number of nitrogens with two attached hydrogens (primary N) is 1. The molecule has 3 aromatic heterocycles. The van der Waals surface area contributed by atoms with Crippen molar-refractivity contribution < 1.29 is 4.21 Å². The third-order valence-corrected chi connectivity index (χ3v) is 6.28. The molecule has 0 aliphatic carbocycles. The summed E-state index contributed by atoms with van der Waals surface area (Å²) in [6.45, 7) is 2.08. The Labute approximate surface area is 134 Å². The molecule has 3 rings (SSSR count). The van der Waals surface area contributed by atoms with Gasteiger partial charge >= 0.3 is 0 Å². The lowest BCUT2D eigenvalue weighted by atomic mass is 10.3. The third kappa shape index (κ3) is 2.76. The molecule has 0 radical (unpaired) electrons. The van der Waals surface area contributed by atoms with Gasteiger partial charge in [-0.1, -0.05) is 13.3 Å². The van der Waals surface area contributed by atoms with Crippen molar-refractivity contribution in [2.75, 3.05) is 11.5 Å². The summed E-state index contributed by atoms with van der Waals surface area (Å²) in [4.78, 5) is 9.71. The molecule has 0 fully saturated rings. The average Bonchev–Trinajstić information content (AvgIpc) is 3.09. The Hall–Kier alpha value is -1.80. The lowest BCUT2D eigenvalue weighted by molar-refractivity contribution is 0.681. The SMILES string of the molecule is CCCCS(=O)c1sc2nc(-c3cnn(C)c3)cnc2c1N. The average molecular weight is 335 g/mol. The fourth-order valence-electron chi connectivity index (χ4n) is 2.10. The molecule has 22 heavy (non-hydrogen) atoms. The van der Waals surface area contributed by atoms with E-state index in [2.05, 4.69) is 22.0 Å². The van der Waals surface area contributed by atoms with Crippen molar-refractivity contribution in [3.8, 4) is 11.3 Å². The van der Waals surface area contributed by atoms with Crippen LogP contribution in [0.1, 0.15) is 19.8 Å². The Morgan fingerprint density at radius 3 is 2.91 bits per heavy atom. The molecular weight excluding hydrogens is 318 g/mol. The van der Waals surface area contributed by atoms with Crippen molar-refractivity contribution in [1.29, 1.82) is 0 Å². The molecule has 0 bridgehead atoms. The van der Waals surface area contributed by atoms with Crippen molar-refractivity contribution >= 4 is 38.2 Å². The van der Waals surface area contributed by atoms with Gasteiger partial charge in [0, 0.05) is 24.6 Å². The fourth-order valence-corrected chi connectivity index (χ4v) is 4.82. The molecule has 8 heteroatoms. The number of hydrogen-bond acceptors (Lipinski definition) is 6. The van der Waals surface area contributed by atoms with Gasteiger partial charge in [-0.3, -0.25) is 8.89 Å². The number of anilines is 1. The minimum atomic E-state index is -1.08. The van der Waals surface area contributed by atoms with E-state index in [1.165, 1.54) is 11.3 Å². The molecule has 3 aromatic rings. The van der Waals surface area contributed by atoms with Crippen LogP contribution in [0.2, 0.25) is 0 Å². The molecule has 1 atom stereocenters.